The van der Waals surface area contributed by atoms with Crippen molar-refractivity contribution in [3.63, 3.8) is 0 Å². The van der Waals surface area contributed by atoms with Gasteiger partial charge < -0.3 is 0 Å². The van der Waals surface area contributed by atoms with E-state index < -0.39 is 0 Å². The molecule has 0 saturated heterocycles. The largest absolute Gasteiger partial charge is 0.245 e. The zero-order chi connectivity index (χ0) is 25.6. The van der Waals surface area contributed by atoms with Crippen LogP contribution in [0.25, 0.3) is 64.6 Å². The summed E-state index contributed by atoms with van der Waals surface area (Å²) in [6.07, 6.45) is 0. The molecule has 0 atom stereocenters. The molecule has 0 N–H and O–H groups in total. The summed E-state index contributed by atoms with van der Waals surface area (Å²) in [7, 11) is 0. The Labute approximate surface area is 226 Å². The van der Waals surface area contributed by atoms with Crippen molar-refractivity contribution >= 4 is 43.4 Å². The van der Waals surface area contributed by atoms with Gasteiger partial charge in [-0.25, -0.2) is 29.9 Å². The van der Waals surface area contributed by atoms with Crippen molar-refractivity contribution in [1.29, 1.82) is 0 Å². The fourth-order valence-corrected chi connectivity index (χ4v) is 6.07. The third kappa shape index (κ3) is 4.23. The minimum absolute atomic E-state index is 0.768. The third-order valence-corrected chi connectivity index (χ3v) is 8.24. The minimum atomic E-state index is 0.768. The van der Waals surface area contributed by atoms with Gasteiger partial charge in [-0.3, -0.25) is 0 Å². The molecule has 0 aliphatic rings. The van der Waals surface area contributed by atoms with E-state index in [1.807, 2.05) is 68.4 Å². The van der Waals surface area contributed by atoms with Crippen LogP contribution in [0.4, 0.5) is 0 Å². The number of rotatable bonds is 4. The van der Waals surface area contributed by atoms with Crippen LogP contribution in [0.15, 0.2) is 84.9 Å². The molecule has 0 fully saturated rings. The van der Waals surface area contributed by atoms with E-state index in [0.717, 1.165) is 76.0 Å². The first-order chi connectivity index (χ1) is 18.6. The summed E-state index contributed by atoms with van der Waals surface area (Å²) in [6.45, 7) is 3.96. The molecule has 0 bridgehead atoms. The standard InChI is InChI=1S/C30H20N6S2/c1-17-12-14-25-27(31-17)35-29(37-25)23-10-4-8-21(33-23)19-6-3-7-20(16-19)22-9-5-11-24(34-22)30-36-28-26(38-30)15-13-18(2)32-28/h3-16H,1-2H3. The van der Waals surface area contributed by atoms with Gasteiger partial charge in [0.05, 0.1) is 32.2 Å². The van der Waals surface area contributed by atoms with Gasteiger partial charge in [-0.2, -0.15) is 0 Å². The van der Waals surface area contributed by atoms with Gasteiger partial charge in [0.15, 0.2) is 11.3 Å². The highest BCUT2D eigenvalue weighted by Crippen LogP contribution is 2.32. The lowest BCUT2D eigenvalue weighted by molar-refractivity contribution is 1.21. The second-order valence-corrected chi connectivity index (χ2v) is 11.0. The Morgan fingerprint density at radius 2 is 0.895 bits per heavy atom. The number of nitrogens with zero attached hydrogens (tertiary/aromatic N) is 6. The summed E-state index contributed by atoms with van der Waals surface area (Å²) in [5.74, 6) is 0. The number of thiazole rings is 2. The molecule has 182 valence electrons. The highest BCUT2D eigenvalue weighted by atomic mass is 32.1. The maximum Gasteiger partial charge on any atom is 0.171 e. The van der Waals surface area contributed by atoms with Gasteiger partial charge >= 0.3 is 0 Å². The van der Waals surface area contributed by atoms with E-state index in [0.29, 0.717) is 0 Å². The number of aromatic nitrogens is 6. The fourth-order valence-electron chi connectivity index (χ4n) is 4.31. The topological polar surface area (TPSA) is 77.3 Å². The van der Waals surface area contributed by atoms with Crippen molar-refractivity contribution in [3.8, 4) is 43.9 Å². The summed E-state index contributed by atoms with van der Waals surface area (Å²) in [5, 5.41) is 1.73. The van der Waals surface area contributed by atoms with Gasteiger partial charge in [0.1, 0.15) is 10.0 Å². The van der Waals surface area contributed by atoms with E-state index in [4.69, 9.17) is 19.9 Å². The molecule has 38 heavy (non-hydrogen) atoms. The highest BCUT2D eigenvalue weighted by Gasteiger charge is 2.13. The monoisotopic (exact) mass is 528 g/mol. The van der Waals surface area contributed by atoms with Crippen molar-refractivity contribution in [1.82, 2.24) is 29.9 Å². The van der Waals surface area contributed by atoms with Crippen LogP contribution in [-0.4, -0.2) is 29.9 Å². The molecule has 6 heterocycles. The van der Waals surface area contributed by atoms with Crippen molar-refractivity contribution < 1.29 is 0 Å². The number of aryl methyl sites for hydroxylation is 2. The predicted molar refractivity (Wildman–Crippen MR) is 155 cm³/mol. The van der Waals surface area contributed by atoms with Gasteiger partial charge in [0, 0.05) is 22.5 Å². The molecule has 0 spiro atoms. The van der Waals surface area contributed by atoms with Crippen LogP contribution in [0.1, 0.15) is 11.4 Å². The second kappa shape index (κ2) is 9.16. The Morgan fingerprint density at radius 1 is 0.447 bits per heavy atom. The van der Waals surface area contributed by atoms with E-state index in [2.05, 4.69) is 40.3 Å². The molecule has 7 aromatic rings. The van der Waals surface area contributed by atoms with Crippen LogP contribution in [0.3, 0.4) is 0 Å². The van der Waals surface area contributed by atoms with Gasteiger partial charge in [-0.15, -0.1) is 22.7 Å². The lowest BCUT2D eigenvalue weighted by Crippen LogP contribution is -1.90. The van der Waals surface area contributed by atoms with Crippen molar-refractivity contribution in [2.24, 2.45) is 0 Å². The number of fused-ring (bicyclic) bond motifs is 2. The predicted octanol–water partition coefficient (Wildman–Crippen LogP) is 7.77. The van der Waals surface area contributed by atoms with Crippen molar-refractivity contribution in [2.75, 3.05) is 0 Å². The molecular weight excluding hydrogens is 509 g/mol. The molecule has 8 heteroatoms. The van der Waals surface area contributed by atoms with Gasteiger partial charge in [0.25, 0.3) is 0 Å². The Morgan fingerprint density at radius 3 is 1.39 bits per heavy atom. The number of benzene rings is 1. The van der Waals surface area contributed by atoms with Crippen molar-refractivity contribution in [3.05, 3.63) is 96.3 Å². The zero-order valence-electron chi connectivity index (χ0n) is 20.6. The van der Waals surface area contributed by atoms with Crippen LogP contribution in [0.5, 0.6) is 0 Å². The van der Waals surface area contributed by atoms with E-state index in [-0.39, 0.29) is 0 Å². The summed E-state index contributed by atoms with van der Waals surface area (Å²) in [5.41, 5.74) is 8.95. The Hall–Kier alpha value is -4.40. The molecule has 0 aliphatic heterocycles. The first-order valence-electron chi connectivity index (χ1n) is 12.1. The molecule has 0 radical (unpaired) electrons. The van der Waals surface area contributed by atoms with Crippen LogP contribution < -0.4 is 0 Å². The normalized spacial score (nSPS) is 11.4. The maximum absolute atomic E-state index is 4.95. The summed E-state index contributed by atoms with van der Waals surface area (Å²) in [6, 6.07) is 28.6. The number of hydrogen-bond acceptors (Lipinski definition) is 8. The number of pyridine rings is 4. The molecule has 0 amide bonds. The SMILES string of the molecule is Cc1ccc2sc(-c3cccc(-c4cccc(-c5cccc(-c6nc7nc(C)ccc7s6)n5)c4)n3)nc2n1. The fraction of sp³-hybridized carbons (Fsp3) is 0.0667. The Bertz CT molecular complexity index is 1830. The van der Waals surface area contributed by atoms with Crippen LogP contribution in [-0.2, 0) is 0 Å². The summed E-state index contributed by atoms with van der Waals surface area (Å²) in [4.78, 5) is 28.4. The molecular formula is C30H20N6S2. The van der Waals surface area contributed by atoms with Gasteiger partial charge in [-0.05, 0) is 68.4 Å². The summed E-state index contributed by atoms with van der Waals surface area (Å²) >= 11 is 3.22. The Balaban J connectivity index is 1.23. The van der Waals surface area contributed by atoms with E-state index in [1.54, 1.807) is 22.7 Å². The molecule has 0 aliphatic carbocycles. The average molecular weight is 529 g/mol. The molecule has 6 aromatic heterocycles. The van der Waals surface area contributed by atoms with Gasteiger partial charge in [0.2, 0.25) is 0 Å². The Kier molecular flexibility index (Phi) is 5.49. The third-order valence-electron chi connectivity index (χ3n) is 6.18. The highest BCUT2D eigenvalue weighted by molar-refractivity contribution is 7.21. The van der Waals surface area contributed by atoms with Crippen LogP contribution >= 0.6 is 22.7 Å². The van der Waals surface area contributed by atoms with E-state index >= 15 is 0 Å². The average Bonchev–Trinajstić information content (AvgIpc) is 3.57. The zero-order valence-corrected chi connectivity index (χ0v) is 22.2. The lowest BCUT2D eigenvalue weighted by atomic mass is 10.0. The molecule has 1 aromatic carbocycles. The molecule has 7 rings (SSSR count). The van der Waals surface area contributed by atoms with Crippen molar-refractivity contribution in [2.45, 2.75) is 13.8 Å². The van der Waals surface area contributed by atoms with Crippen LogP contribution in [0.2, 0.25) is 0 Å². The lowest BCUT2D eigenvalue weighted by Gasteiger charge is -2.07. The molecule has 6 nitrogen and oxygen atoms in total. The number of hydrogen-bond donors (Lipinski definition) is 0. The van der Waals surface area contributed by atoms with E-state index in [1.165, 1.54) is 0 Å². The minimum Gasteiger partial charge on any atom is -0.245 e. The first-order valence-corrected chi connectivity index (χ1v) is 13.8. The van der Waals surface area contributed by atoms with Gasteiger partial charge in [-0.1, -0.05) is 30.3 Å². The quantitative estimate of drug-likeness (QED) is 0.232. The van der Waals surface area contributed by atoms with E-state index in [9.17, 15) is 0 Å². The molecule has 0 saturated carbocycles. The summed E-state index contributed by atoms with van der Waals surface area (Å²) < 4.78 is 2.12. The molecule has 0 unspecified atom stereocenters. The van der Waals surface area contributed by atoms with Crippen LogP contribution in [0, 0.1) is 13.8 Å². The maximum atomic E-state index is 4.95. The second-order valence-electron chi connectivity index (χ2n) is 8.98. The first kappa shape index (κ1) is 22.8. The smallest absolute Gasteiger partial charge is 0.171 e.